The van der Waals surface area contributed by atoms with Crippen molar-refractivity contribution < 1.29 is 5.11 Å². The van der Waals surface area contributed by atoms with Crippen molar-refractivity contribution in [3.63, 3.8) is 0 Å². The van der Waals surface area contributed by atoms with Crippen molar-refractivity contribution in [2.45, 2.75) is 57.3 Å². The van der Waals surface area contributed by atoms with Gasteiger partial charge >= 0.3 is 5.69 Å². The second-order valence-electron chi connectivity index (χ2n) is 5.65. The topological polar surface area (TPSA) is 104 Å². The van der Waals surface area contributed by atoms with Crippen molar-refractivity contribution in [1.29, 1.82) is 0 Å². The lowest BCUT2D eigenvalue weighted by Crippen LogP contribution is -2.48. The quantitative estimate of drug-likeness (QED) is 0.685. The first-order chi connectivity index (χ1) is 9.52. The average Bonchev–Trinajstić information content (AvgIpc) is 2.63. The van der Waals surface area contributed by atoms with Gasteiger partial charge in [-0.25, -0.2) is 4.79 Å². The SMILES string of the molecule is CCn1c(N)c(N2C3CCC2CC(O)C3)c(=O)[nH]c1=O. The van der Waals surface area contributed by atoms with Crippen LogP contribution in [-0.4, -0.2) is 32.8 Å². The molecule has 4 N–H and O–H groups in total. The number of aromatic amines is 1. The molecule has 2 bridgehead atoms. The number of rotatable bonds is 2. The van der Waals surface area contributed by atoms with E-state index < -0.39 is 11.2 Å². The largest absolute Gasteiger partial charge is 0.393 e. The fourth-order valence-electron chi connectivity index (χ4n) is 3.65. The summed E-state index contributed by atoms with van der Waals surface area (Å²) in [5, 5.41) is 9.84. The molecule has 1 aromatic rings. The molecule has 110 valence electrons. The van der Waals surface area contributed by atoms with E-state index in [1.54, 1.807) is 0 Å². The highest BCUT2D eigenvalue weighted by atomic mass is 16.3. The van der Waals surface area contributed by atoms with Crippen LogP contribution in [0.25, 0.3) is 0 Å². The number of anilines is 2. The van der Waals surface area contributed by atoms with E-state index in [0.29, 0.717) is 25.1 Å². The Kier molecular flexibility index (Phi) is 3.08. The maximum atomic E-state index is 12.2. The summed E-state index contributed by atoms with van der Waals surface area (Å²) in [6.07, 6.45) is 2.90. The summed E-state index contributed by atoms with van der Waals surface area (Å²) < 4.78 is 1.38. The lowest BCUT2D eigenvalue weighted by Gasteiger charge is -2.38. The molecule has 0 aliphatic carbocycles. The normalized spacial score (nSPS) is 28.9. The molecule has 7 nitrogen and oxygen atoms in total. The van der Waals surface area contributed by atoms with Gasteiger partial charge in [0.25, 0.3) is 5.56 Å². The van der Waals surface area contributed by atoms with Gasteiger partial charge in [0.15, 0.2) is 0 Å². The Bertz CT molecular complexity index is 621. The van der Waals surface area contributed by atoms with Crippen LogP contribution in [-0.2, 0) is 6.54 Å². The van der Waals surface area contributed by atoms with Crippen LogP contribution in [0.2, 0.25) is 0 Å². The van der Waals surface area contributed by atoms with Gasteiger partial charge in [-0.05, 0) is 32.6 Å². The van der Waals surface area contributed by atoms with E-state index in [0.717, 1.165) is 12.8 Å². The smallest absolute Gasteiger partial charge is 0.330 e. The Hall–Kier alpha value is -1.76. The van der Waals surface area contributed by atoms with E-state index in [4.69, 9.17) is 5.73 Å². The monoisotopic (exact) mass is 280 g/mol. The highest BCUT2D eigenvalue weighted by Gasteiger charge is 2.42. The van der Waals surface area contributed by atoms with Gasteiger partial charge in [-0.2, -0.15) is 0 Å². The standard InChI is InChI=1S/C13H20N4O3/c1-2-16-11(14)10(12(19)15-13(16)20)17-7-3-4-8(17)6-9(18)5-7/h7-9,18H,2-6,14H2,1H3,(H,15,19,20). The molecule has 2 fully saturated rings. The number of hydrogen-bond donors (Lipinski definition) is 3. The predicted molar refractivity (Wildman–Crippen MR) is 75.9 cm³/mol. The van der Waals surface area contributed by atoms with Crippen molar-refractivity contribution in [2.24, 2.45) is 0 Å². The third-order valence-corrected chi connectivity index (χ3v) is 4.50. The molecule has 0 amide bonds. The van der Waals surface area contributed by atoms with E-state index in [2.05, 4.69) is 4.98 Å². The van der Waals surface area contributed by atoms with E-state index in [9.17, 15) is 14.7 Å². The Morgan fingerprint density at radius 2 is 1.90 bits per heavy atom. The van der Waals surface area contributed by atoms with Crippen LogP contribution in [0.1, 0.15) is 32.6 Å². The summed E-state index contributed by atoms with van der Waals surface area (Å²) in [6.45, 7) is 2.23. The van der Waals surface area contributed by atoms with E-state index >= 15 is 0 Å². The molecule has 0 aromatic carbocycles. The zero-order chi connectivity index (χ0) is 14.4. The van der Waals surface area contributed by atoms with Crippen molar-refractivity contribution >= 4 is 11.5 Å². The van der Waals surface area contributed by atoms with Crippen LogP contribution in [0.4, 0.5) is 11.5 Å². The number of nitrogens with two attached hydrogens (primary N) is 1. The first-order valence-corrected chi connectivity index (χ1v) is 7.12. The highest BCUT2D eigenvalue weighted by molar-refractivity contribution is 5.64. The molecular formula is C13H20N4O3. The Balaban J connectivity index is 2.12. The third kappa shape index (κ3) is 1.84. The van der Waals surface area contributed by atoms with Gasteiger partial charge in [0, 0.05) is 18.6 Å². The third-order valence-electron chi connectivity index (χ3n) is 4.50. The maximum Gasteiger partial charge on any atom is 0.330 e. The lowest BCUT2D eigenvalue weighted by molar-refractivity contribution is 0.126. The summed E-state index contributed by atoms with van der Waals surface area (Å²) in [7, 11) is 0. The minimum Gasteiger partial charge on any atom is -0.393 e. The molecule has 2 unspecified atom stereocenters. The first kappa shape index (κ1) is 13.2. The molecular weight excluding hydrogens is 260 g/mol. The number of aliphatic hydroxyl groups excluding tert-OH is 1. The molecule has 2 atom stereocenters. The van der Waals surface area contributed by atoms with Crippen LogP contribution >= 0.6 is 0 Å². The van der Waals surface area contributed by atoms with E-state index in [1.165, 1.54) is 4.57 Å². The summed E-state index contributed by atoms with van der Waals surface area (Å²) in [4.78, 5) is 28.3. The fraction of sp³-hybridized carbons (Fsp3) is 0.692. The van der Waals surface area contributed by atoms with Crippen molar-refractivity contribution in [3.8, 4) is 0 Å². The highest BCUT2D eigenvalue weighted by Crippen LogP contribution is 2.39. The number of aliphatic hydroxyl groups is 1. The Morgan fingerprint density at radius 1 is 1.30 bits per heavy atom. The number of aromatic nitrogens is 2. The van der Waals surface area contributed by atoms with Gasteiger partial charge in [0.2, 0.25) is 0 Å². The van der Waals surface area contributed by atoms with Crippen LogP contribution < -0.4 is 21.9 Å². The number of nitrogens with one attached hydrogen (secondary N) is 1. The van der Waals surface area contributed by atoms with Crippen molar-refractivity contribution in [2.75, 3.05) is 10.6 Å². The van der Waals surface area contributed by atoms with Gasteiger partial charge in [0.1, 0.15) is 11.5 Å². The molecule has 20 heavy (non-hydrogen) atoms. The molecule has 2 saturated heterocycles. The number of piperidine rings is 1. The molecule has 0 radical (unpaired) electrons. The molecule has 0 saturated carbocycles. The van der Waals surface area contributed by atoms with Crippen LogP contribution in [0.3, 0.4) is 0 Å². The molecule has 2 aliphatic rings. The summed E-state index contributed by atoms with van der Waals surface area (Å²) in [5.74, 6) is 0.231. The summed E-state index contributed by atoms with van der Waals surface area (Å²) in [6, 6.07) is 0.268. The Labute approximate surface area is 116 Å². The van der Waals surface area contributed by atoms with Crippen molar-refractivity contribution in [1.82, 2.24) is 9.55 Å². The number of H-pyrrole nitrogens is 1. The average molecular weight is 280 g/mol. The zero-order valence-corrected chi connectivity index (χ0v) is 11.5. The zero-order valence-electron chi connectivity index (χ0n) is 11.5. The van der Waals surface area contributed by atoms with E-state index in [-0.39, 0.29) is 24.0 Å². The van der Waals surface area contributed by atoms with Gasteiger partial charge in [-0.1, -0.05) is 0 Å². The number of hydrogen-bond acceptors (Lipinski definition) is 5. The van der Waals surface area contributed by atoms with Crippen molar-refractivity contribution in [3.05, 3.63) is 20.8 Å². The molecule has 3 rings (SSSR count). The van der Waals surface area contributed by atoms with Crippen LogP contribution in [0.15, 0.2) is 9.59 Å². The maximum absolute atomic E-state index is 12.2. The summed E-state index contributed by atoms with van der Waals surface area (Å²) in [5.41, 5.74) is 5.55. The van der Waals surface area contributed by atoms with Gasteiger partial charge in [0.05, 0.1) is 6.10 Å². The second-order valence-corrected chi connectivity index (χ2v) is 5.65. The number of nitrogens with zero attached hydrogens (tertiary/aromatic N) is 2. The molecule has 0 spiro atoms. The molecule has 2 aliphatic heterocycles. The minimum atomic E-state index is -0.469. The van der Waals surface area contributed by atoms with Gasteiger partial charge in [-0.3, -0.25) is 14.3 Å². The fourth-order valence-corrected chi connectivity index (χ4v) is 3.65. The minimum absolute atomic E-state index is 0.134. The van der Waals surface area contributed by atoms with Gasteiger partial charge in [-0.15, -0.1) is 0 Å². The van der Waals surface area contributed by atoms with Crippen LogP contribution in [0, 0.1) is 0 Å². The summed E-state index contributed by atoms with van der Waals surface area (Å²) >= 11 is 0. The second kappa shape index (κ2) is 4.66. The predicted octanol–water partition coefficient (Wildman–Crippen LogP) is -0.369. The molecule has 7 heteroatoms. The lowest BCUT2D eigenvalue weighted by atomic mass is 9.99. The Morgan fingerprint density at radius 3 is 2.45 bits per heavy atom. The van der Waals surface area contributed by atoms with Gasteiger partial charge < -0.3 is 15.7 Å². The number of nitrogen functional groups attached to an aromatic ring is 1. The number of fused-ring (bicyclic) bond motifs is 2. The first-order valence-electron chi connectivity index (χ1n) is 7.12. The molecule has 1 aromatic heterocycles. The molecule has 3 heterocycles. The van der Waals surface area contributed by atoms with E-state index in [1.807, 2.05) is 11.8 Å². The van der Waals surface area contributed by atoms with Crippen LogP contribution in [0.5, 0.6) is 0 Å².